The second kappa shape index (κ2) is 11.8. The van der Waals surface area contributed by atoms with Crippen molar-refractivity contribution in [3.8, 4) is 45.8 Å². The average molecular weight is 506 g/mol. The number of hydrogen-bond donors (Lipinski definition) is 2. The summed E-state index contributed by atoms with van der Waals surface area (Å²) < 4.78 is 28.1. The Morgan fingerprint density at radius 1 is 0.811 bits per heavy atom. The normalized spacial score (nSPS) is 13.5. The van der Waals surface area contributed by atoms with E-state index in [1.54, 1.807) is 52.5 Å². The van der Waals surface area contributed by atoms with Crippen molar-refractivity contribution in [2.45, 2.75) is 32.2 Å². The number of rotatable bonds is 11. The summed E-state index contributed by atoms with van der Waals surface area (Å²) in [7, 11) is 3.12. The Labute approximate surface area is 216 Å². The van der Waals surface area contributed by atoms with Crippen molar-refractivity contribution in [2.75, 3.05) is 20.8 Å². The molecule has 37 heavy (non-hydrogen) atoms. The molecule has 0 saturated carbocycles. The zero-order valence-electron chi connectivity index (χ0n) is 21.3. The molecule has 2 N–H and O–H groups in total. The van der Waals surface area contributed by atoms with Crippen LogP contribution in [0.4, 0.5) is 0 Å². The molecule has 0 aliphatic carbocycles. The Bertz CT molecular complexity index is 1280. The molecule has 3 aromatic carbocycles. The number of aromatic nitrogens is 1. The Kier molecular flexibility index (Phi) is 8.32. The molecule has 0 spiro atoms. The molecule has 0 saturated heterocycles. The van der Waals surface area contributed by atoms with Gasteiger partial charge in [-0.1, -0.05) is 6.07 Å². The minimum atomic E-state index is -0.863. The summed E-state index contributed by atoms with van der Waals surface area (Å²) in [5, 5.41) is 19.9. The number of hydrogen-bond acceptors (Lipinski definition) is 8. The standard InChI is InChI=1S/C29H31NO7/c1-18(17-31)35-23-10-5-20(6-11-23)27-16-30-29(37-27)21-7-12-24(13-8-21)36-19(2)28(32)22-9-14-25(33-3)26(15-22)34-4/h5-16,18-19,28,31-32H,17H2,1-4H3. The first kappa shape index (κ1) is 26.1. The van der Waals surface area contributed by atoms with E-state index >= 15 is 0 Å². The van der Waals surface area contributed by atoms with Crippen LogP contribution < -0.4 is 18.9 Å². The lowest BCUT2D eigenvalue weighted by Crippen LogP contribution is -2.21. The Hall–Kier alpha value is -4.01. The minimum Gasteiger partial charge on any atom is -0.493 e. The van der Waals surface area contributed by atoms with Gasteiger partial charge in [-0.3, -0.25) is 0 Å². The van der Waals surface area contributed by atoms with Crippen LogP contribution >= 0.6 is 0 Å². The van der Waals surface area contributed by atoms with Crippen LogP contribution in [0, 0.1) is 0 Å². The largest absolute Gasteiger partial charge is 0.493 e. The molecule has 4 aromatic rings. The third-order valence-corrected chi connectivity index (χ3v) is 5.86. The van der Waals surface area contributed by atoms with Gasteiger partial charge >= 0.3 is 0 Å². The summed E-state index contributed by atoms with van der Waals surface area (Å²) in [6, 6.07) is 20.0. The van der Waals surface area contributed by atoms with Gasteiger partial charge < -0.3 is 33.6 Å². The third-order valence-electron chi connectivity index (χ3n) is 5.86. The zero-order valence-corrected chi connectivity index (χ0v) is 21.3. The van der Waals surface area contributed by atoms with Gasteiger partial charge in [0, 0.05) is 11.1 Å². The number of aliphatic hydroxyl groups excluding tert-OH is 2. The summed E-state index contributed by atoms with van der Waals surface area (Å²) in [4.78, 5) is 4.40. The van der Waals surface area contributed by atoms with Crippen LogP contribution in [0.2, 0.25) is 0 Å². The Morgan fingerprint density at radius 2 is 1.43 bits per heavy atom. The molecule has 194 valence electrons. The summed E-state index contributed by atoms with van der Waals surface area (Å²) >= 11 is 0. The number of methoxy groups -OCH3 is 2. The molecular weight excluding hydrogens is 474 g/mol. The van der Waals surface area contributed by atoms with Crippen LogP contribution in [-0.2, 0) is 0 Å². The fraction of sp³-hybridized carbons (Fsp3) is 0.276. The molecule has 0 aliphatic rings. The molecule has 0 radical (unpaired) electrons. The van der Waals surface area contributed by atoms with Gasteiger partial charge in [-0.05, 0) is 80.1 Å². The van der Waals surface area contributed by atoms with E-state index in [1.165, 1.54) is 0 Å². The number of ether oxygens (including phenoxy) is 4. The van der Waals surface area contributed by atoms with Crippen molar-refractivity contribution < 1.29 is 33.6 Å². The van der Waals surface area contributed by atoms with Gasteiger partial charge in [-0.2, -0.15) is 0 Å². The van der Waals surface area contributed by atoms with Gasteiger partial charge in [0.15, 0.2) is 17.3 Å². The van der Waals surface area contributed by atoms with Gasteiger partial charge in [0.2, 0.25) is 5.89 Å². The Morgan fingerprint density at radius 3 is 2.05 bits per heavy atom. The zero-order chi connectivity index (χ0) is 26.4. The predicted octanol–water partition coefficient (Wildman–Crippen LogP) is 5.29. The number of nitrogens with zero attached hydrogens (tertiary/aromatic N) is 1. The summed E-state index contributed by atoms with van der Waals surface area (Å²) in [6.45, 7) is 3.55. The molecule has 0 amide bonds. The van der Waals surface area contributed by atoms with Gasteiger partial charge in [-0.15, -0.1) is 0 Å². The van der Waals surface area contributed by atoms with Crippen molar-refractivity contribution >= 4 is 0 Å². The second-order valence-corrected chi connectivity index (χ2v) is 8.57. The molecule has 8 heteroatoms. The lowest BCUT2D eigenvalue weighted by molar-refractivity contribution is 0.0466. The van der Waals surface area contributed by atoms with Crippen molar-refractivity contribution in [3.05, 3.63) is 78.5 Å². The lowest BCUT2D eigenvalue weighted by Gasteiger charge is -2.22. The maximum absolute atomic E-state index is 10.8. The summed E-state index contributed by atoms with van der Waals surface area (Å²) in [6.07, 6.45) is 0.0296. The second-order valence-electron chi connectivity index (χ2n) is 8.57. The van der Waals surface area contributed by atoms with E-state index in [2.05, 4.69) is 4.98 Å². The van der Waals surface area contributed by atoms with Crippen LogP contribution in [0.3, 0.4) is 0 Å². The van der Waals surface area contributed by atoms with Gasteiger partial charge in [0.25, 0.3) is 0 Å². The third kappa shape index (κ3) is 6.22. The van der Waals surface area contributed by atoms with E-state index in [9.17, 15) is 5.11 Å². The van der Waals surface area contributed by atoms with Gasteiger partial charge in [0.1, 0.15) is 29.8 Å². The fourth-order valence-corrected chi connectivity index (χ4v) is 3.77. The number of aliphatic hydroxyl groups is 2. The van der Waals surface area contributed by atoms with Gasteiger partial charge in [-0.25, -0.2) is 4.98 Å². The van der Waals surface area contributed by atoms with Crippen molar-refractivity contribution in [1.29, 1.82) is 0 Å². The lowest BCUT2D eigenvalue weighted by atomic mass is 10.0. The first-order chi connectivity index (χ1) is 17.9. The van der Waals surface area contributed by atoms with E-state index in [4.69, 9.17) is 28.5 Å². The van der Waals surface area contributed by atoms with E-state index in [0.717, 1.165) is 11.1 Å². The minimum absolute atomic E-state index is 0.0472. The SMILES string of the molecule is COc1ccc(C(O)C(C)Oc2ccc(-c3ncc(-c4ccc(OC(C)CO)cc4)o3)cc2)cc1OC. The predicted molar refractivity (Wildman–Crippen MR) is 139 cm³/mol. The molecule has 0 fully saturated rings. The summed E-state index contributed by atoms with van der Waals surface area (Å²) in [5.41, 5.74) is 2.32. The summed E-state index contributed by atoms with van der Waals surface area (Å²) in [5.74, 6) is 3.52. The Balaban J connectivity index is 1.40. The number of oxazole rings is 1. The van der Waals surface area contributed by atoms with E-state index in [1.807, 2.05) is 48.5 Å². The van der Waals surface area contributed by atoms with Crippen LogP contribution in [0.25, 0.3) is 22.8 Å². The van der Waals surface area contributed by atoms with Crippen LogP contribution in [0.1, 0.15) is 25.5 Å². The van der Waals surface area contributed by atoms with Crippen LogP contribution in [0.5, 0.6) is 23.0 Å². The van der Waals surface area contributed by atoms with E-state index in [-0.39, 0.29) is 12.7 Å². The first-order valence-corrected chi connectivity index (χ1v) is 11.9. The van der Waals surface area contributed by atoms with Crippen molar-refractivity contribution in [2.24, 2.45) is 0 Å². The molecule has 1 aromatic heterocycles. The monoisotopic (exact) mass is 505 g/mol. The highest BCUT2D eigenvalue weighted by molar-refractivity contribution is 5.62. The highest BCUT2D eigenvalue weighted by atomic mass is 16.5. The van der Waals surface area contributed by atoms with Crippen LogP contribution in [-0.4, -0.2) is 48.2 Å². The molecule has 0 bridgehead atoms. The highest BCUT2D eigenvalue weighted by Crippen LogP contribution is 2.33. The average Bonchev–Trinajstić information content (AvgIpc) is 3.43. The number of benzene rings is 3. The van der Waals surface area contributed by atoms with E-state index in [0.29, 0.717) is 40.2 Å². The van der Waals surface area contributed by atoms with Gasteiger partial charge in [0.05, 0.1) is 27.0 Å². The molecule has 8 nitrogen and oxygen atoms in total. The first-order valence-electron chi connectivity index (χ1n) is 11.9. The molecule has 1 heterocycles. The van der Waals surface area contributed by atoms with E-state index < -0.39 is 12.2 Å². The fourth-order valence-electron chi connectivity index (χ4n) is 3.77. The maximum Gasteiger partial charge on any atom is 0.226 e. The van der Waals surface area contributed by atoms with Crippen molar-refractivity contribution in [1.82, 2.24) is 4.98 Å². The quantitative estimate of drug-likeness (QED) is 0.284. The molecule has 3 unspecified atom stereocenters. The molecule has 4 rings (SSSR count). The topological polar surface area (TPSA) is 103 Å². The highest BCUT2D eigenvalue weighted by Gasteiger charge is 2.20. The molecule has 3 atom stereocenters. The smallest absolute Gasteiger partial charge is 0.226 e. The molecule has 0 aliphatic heterocycles. The van der Waals surface area contributed by atoms with Crippen LogP contribution in [0.15, 0.2) is 77.3 Å². The maximum atomic E-state index is 10.8. The molecular formula is C29H31NO7. The van der Waals surface area contributed by atoms with Crippen molar-refractivity contribution in [3.63, 3.8) is 0 Å².